The molecule has 0 spiro atoms. The van der Waals surface area contributed by atoms with E-state index in [1.165, 1.54) is 0 Å². The molecular formula is C11H18NO3-. The number of amides is 1. The van der Waals surface area contributed by atoms with Crippen LogP contribution in [-0.4, -0.2) is 17.9 Å². The summed E-state index contributed by atoms with van der Waals surface area (Å²) in [6, 6.07) is 0.0534. The fraction of sp³-hybridized carbons (Fsp3) is 0.818. The van der Waals surface area contributed by atoms with Crippen LogP contribution in [0.2, 0.25) is 0 Å². The molecule has 0 aliphatic heterocycles. The summed E-state index contributed by atoms with van der Waals surface area (Å²) in [6.45, 7) is 3.72. The highest BCUT2D eigenvalue weighted by Crippen LogP contribution is 2.40. The molecular weight excluding hydrogens is 194 g/mol. The summed E-state index contributed by atoms with van der Waals surface area (Å²) in [5.74, 6) is -1.25. The van der Waals surface area contributed by atoms with E-state index in [0.29, 0.717) is 12.8 Å². The Morgan fingerprint density at radius 3 is 2.27 bits per heavy atom. The van der Waals surface area contributed by atoms with E-state index < -0.39 is 11.4 Å². The van der Waals surface area contributed by atoms with Gasteiger partial charge in [-0.05, 0) is 26.7 Å². The van der Waals surface area contributed by atoms with Crippen LogP contribution in [0.25, 0.3) is 0 Å². The van der Waals surface area contributed by atoms with Gasteiger partial charge in [0.1, 0.15) is 0 Å². The zero-order valence-electron chi connectivity index (χ0n) is 9.34. The lowest BCUT2D eigenvalue weighted by molar-refractivity contribution is -0.319. The summed E-state index contributed by atoms with van der Waals surface area (Å²) in [6.07, 6.45) is 2.96. The Bertz CT molecular complexity index is 255. The molecule has 1 fully saturated rings. The molecule has 1 aliphatic carbocycles. The van der Waals surface area contributed by atoms with E-state index in [1.54, 1.807) is 0 Å². The van der Waals surface area contributed by atoms with Gasteiger partial charge in [-0.1, -0.05) is 12.8 Å². The number of carbonyl (C=O) groups excluding carboxylic acids is 2. The lowest BCUT2D eigenvalue weighted by Crippen LogP contribution is -2.44. The summed E-state index contributed by atoms with van der Waals surface area (Å²) in [5, 5.41) is 13.8. The van der Waals surface area contributed by atoms with E-state index in [2.05, 4.69) is 5.32 Å². The molecule has 1 rings (SSSR count). The van der Waals surface area contributed by atoms with Gasteiger partial charge in [-0.3, -0.25) is 4.79 Å². The number of hydrogen-bond donors (Lipinski definition) is 1. The Balaban J connectivity index is 2.59. The van der Waals surface area contributed by atoms with Crippen LogP contribution >= 0.6 is 0 Å². The predicted molar refractivity (Wildman–Crippen MR) is 53.8 cm³/mol. The zero-order chi connectivity index (χ0) is 11.5. The van der Waals surface area contributed by atoms with Crippen LogP contribution in [-0.2, 0) is 9.59 Å². The van der Waals surface area contributed by atoms with Crippen molar-refractivity contribution in [3.63, 3.8) is 0 Å². The Morgan fingerprint density at radius 2 is 1.87 bits per heavy atom. The average Bonchev–Trinajstić information content (AvgIpc) is 2.52. The SMILES string of the molecule is CC(C)NC(=O)CC1(C(=O)[O-])CCCC1. The first-order valence-corrected chi connectivity index (χ1v) is 5.47. The first-order valence-electron chi connectivity index (χ1n) is 5.47. The third-order valence-corrected chi connectivity index (χ3v) is 2.94. The topological polar surface area (TPSA) is 69.2 Å². The third kappa shape index (κ3) is 2.94. The molecule has 1 amide bonds. The minimum Gasteiger partial charge on any atom is -0.550 e. The first kappa shape index (κ1) is 12.0. The molecule has 0 saturated heterocycles. The summed E-state index contributed by atoms with van der Waals surface area (Å²) < 4.78 is 0. The fourth-order valence-electron chi connectivity index (χ4n) is 2.19. The minimum absolute atomic E-state index is 0.0534. The van der Waals surface area contributed by atoms with Crippen molar-refractivity contribution in [3.05, 3.63) is 0 Å². The van der Waals surface area contributed by atoms with E-state index in [-0.39, 0.29) is 18.4 Å². The van der Waals surface area contributed by atoms with Crippen LogP contribution in [0.1, 0.15) is 46.0 Å². The molecule has 86 valence electrons. The number of carbonyl (C=O) groups is 2. The zero-order valence-corrected chi connectivity index (χ0v) is 9.34. The van der Waals surface area contributed by atoms with Crippen LogP contribution in [0.4, 0.5) is 0 Å². The first-order chi connectivity index (χ1) is 6.96. The Hall–Kier alpha value is -1.06. The number of aliphatic carboxylic acids is 1. The molecule has 15 heavy (non-hydrogen) atoms. The van der Waals surface area contributed by atoms with Crippen molar-refractivity contribution in [2.24, 2.45) is 5.41 Å². The molecule has 4 heteroatoms. The van der Waals surface area contributed by atoms with Gasteiger partial charge >= 0.3 is 0 Å². The van der Waals surface area contributed by atoms with E-state index in [1.807, 2.05) is 13.8 Å². The van der Waals surface area contributed by atoms with Crippen molar-refractivity contribution < 1.29 is 14.7 Å². The maximum Gasteiger partial charge on any atom is 0.221 e. The van der Waals surface area contributed by atoms with Crippen LogP contribution in [0, 0.1) is 5.41 Å². The normalized spacial score (nSPS) is 19.1. The molecule has 0 radical (unpaired) electrons. The van der Waals surface area contributed by atoms with Gasteiger partial charge in [-0.25, -0.2) is 0 Å². The maximum atomic E-state index is 11.5. The molecule has 1 N–H and O–H groups in total. The van der Waals surface area contributed by atoms with Gasteiger partial charge in [0.15, 0.2) is 0 Å². The van der Waals surface area contributed by atoms with Gasteiger partial charge in [0.25, 0.3) is 0 Å². The van der Waals surface area contributed by atoms with E-state index in [9.17, 15) is 14.7 Å². The van der Waals surface area contributed by atoms with Crippen molar-refractivity contribution in [3.8, 4) is 0 Å². The molecule has 0 atom stereocenters. The number of carboxylic acid groups (broad SMARTS) is 1. The summed E-state index contributed by atoms with van der Waals surface area (Å²) in [7, 11) is 0. The highest BCUT2D eigenvalue weighted by molar-refractivity contribution is 5.84. The third-order valence-electron chi connectivity index (χ3n) is 2.94. The van der Waals surface area contributed by atoms with Crippen molar-refractivity contribution in [1.29, 1.82) is 0 Å². The van der Waals surface area contributed by atoms with Crippen LogP contribution < -0.4 is 10.4 Å². The molecule has 0 unspecified atom stereocenters. The van der Waals surface area contributed by atoms with Crippen molar-refractivity contribution in [1.82, 2.24) is 5.32 Å². The van der Waals surface area contributed by atoms with Gasteiger partial charge in [-0.2, -0.15) is 0 Å². The second-order valence-electron chi connectivity index (χ2n) is 4.67. The number of hydrogen-bond acceptors (Lipinski definition) is 3. The molecule has 0 heterocycles. The standard InChI is InChI=1S/C11H19NO3/c1-8(2)12-9(13)7-11(10(14)15)5-3-4-6-11/h8H,3-7H2,1-2H3,(H,12,13)(H,14,15)/p-1. The molecule has 0 aromatic rings. The molecule has 0 aromatic heterocycles. The summed E-state index contributed by atoms with van der Waals surface area (Å²) >= 11 is 0. The lowest BCUT2D eigenvalue weighted by Gasteiger charge is -2.29. The molecule has 4 nitrogen and oxygen atoms in total. The Morgan fingerprint density at radius 1 is 1.33 bits per heavy atom. The maximum absolute atomic E-state index is 11.5. The summed E-state index contributed by atoms with van der Waals surface area (Å²) in [5.41, 5.74) is -0.904. The number of carboxylic acids is 1. The molecule has 0 aromatic carbocycles. The van der Waals surface area contributed by atoms with Gasteiger partial charge in [0.2, 0.25) is 5.91 Å². The molecule has 1 aliphatic rings. The van der Waals surface area contributed by atoms with Crippen LogP contribution in [0.15, 0.2) is 0 Å². The van der Waals surface area contributed by atoms with Gasteiger partial charge in [0.05, 0.1) is 0 Å². The Kier molecular flexibility index (Phi) is 3.72. The number of nitrogens with one attached hydrogen (secondary N) is 1. The van der Waals surface area contributed by atoms with Crippen LogP contribution in [0.5, 0.6) is 0 Å². The van der Waals surface area contributed by atoms with E-state index in [0.717, 1.165) is 12.8 Å². The highest BCUT2D eigenvalue weighted by atomic mass is 16.4. The van der Waals surface area contributed by atoms with Crippen LogP contribution in [0.3, 0.4) is 0 Å². The monoisotopic (exact) mass is 212 g/mol. The molecule has 0 bridgehead atoms. The largest absolute Gasteiger partial charge is 0.550 e. The highest BCUT2D eigenvalue weighted by Gasteiger charge is 2.37. The second kappa shape index (κ2) is 4.64. The predicted octanol–water partition coefficient (Wildman–Crippen LogP) is 0.211. The van der Waals surface area contributed by atoms with Gasteiger partial charge in [0, 0.05) is 23.8 Å². The van der Waals surface area contributed by atoms with Crippen molar-refractivity contribution in [2.75, 3.05) is 0 Å². The van der Waals surface area contributed by atoms with E-state index in [4.69, 9.17) is 0 Å². The fourth-order valence-corrected chi connectivity index (χ4v) is 2.19. The van der Waals surface area contributed by atoms with Crippen molar-refractivity contribution in [2.45, 2.75) is 52.0 Å². The second-order valence-corrected chi connectivity index (χ2v) is 4.67. The van der Waals surface area contributed by atoms with Gasteiger partial charge < -0.3 is 15.2 Å². The average molecular weight is 212 g/mol. The molecule has 1 saturated carbocycles. The lowest BCUT2D eigenvalue weighted by atomic mass is 9.82. The summed E-state index contributed by atoms with van der Waals surface area (Å²) in [4.78, 5) is 22.6. The van der Waals surface area contributed by atoms with E-state index >= 15 is 0 Å². The quantitative estimate of drug-likeness (QED) is 0.724. The van der Waals surface area contributed by atoms with Gasteiger partial charge in [-0.15, -0.1) is 0 Å². The van der Waals surface area contributed by atoms with Crippen molar-refractivity contribution >= 4 is 11.9 Å². The minimum atomic E-state index is -1.07. The Labute approximate surface area is 90.0 Å². The number of rotatable bonds is 4. The smallest absolute Gasteiger partial charge is 0.221 e.